The van der Waals surface area contributed by atoms with Crippen LogP contribution < -0.4 is 5.32 Å². The van der Waals surface area contributed by atoms with Gasteiger partial charge in [-0.15, -0.1) is 11.3 Å². The molecule has 2 amide bonds. The number of amides is 2. The number of nitrogens with zero attached hydrogens (tertiary/aromatic N) is 1. The van der Waals surface area contributed by atoms with Crippen LogP contribution in [-0.4, -0.2) is 47.9 Å². The summed E-state index contributed by atoms with van der Waals surface area (Å²) in [6.07, 6.45) is 0.0967. The molecule has 0 spiro atoms. The summed E-state index contributed by atoms with van der Waals surface area (Å²) >= 11 is 1.75. The Balaban J connectivity index is 2.01. The average Bonchev–Trinajstić information content (AvgIpc) is 2.77. The molecule has 2 N–H and O–H groups in total. The van der Waals surface area contributed by atoms with E-state index in [0.717, 1.165) is 0 Å². The van der Waals surface area contributed by atoms with Crippen molar-refractivity contribution >= 4 is 17.4 Å². The first-order chi connectivity index (χ1) is 10.4. The second-order valence-electron chi connectivity index (χ2n) is 6.05. The van der Waals surface area contributed by atoms with Crippen LogP contribution in [0.2, 0.25) is 0 Å². The van der Waals surface area contributed by atoms with Crippen LogP contribution in [-0.2, 0) is 4.74 Å². The molecule has 1 aromatic rings. The van der Waals surface area contributed by atoms with Gasteiger partial charge in [0.25, 0.3) is 0 Å². The van der Waals surface area contributed by atoms with Crippen molar-refractivity contribution in [1.82, 2.24) is 10.2 Å². The van der Waals surface area contributed by atoms with Crippen molar-refractivity contribution in [2.45, 2.75) is 52.3 Å². The number of aliphatic hydroxyl groups excluding tert-OH is 1. The number of morpholine rings is 1. The Morgan fingerprint density at radius 1 is 1.55 bits per heavy atom. The topological polar surface area (TPSA) is 61.8 Å². The van der Waals surface area contributed by atoms with Crippen LogP contribution in [0.3, 0.4) is 0 Å². The summed E-state index contributed by atoms with van der Waals surface area (Å²) in [6.45, 7) is 9.52. The molecule has 22 heavy (non-hydrogen) atoms. The fourth-order valence-corrected chi connectivity index (χ4v) is 3.96. The van der Waals surface area contributed by atoms with Gasteiger partial charge in [-0.25, -0.2) is 4.79 Å². The van der Waals surface area contributed by atoms with Gasteiger partial charge in [-0.05, 0) is 45.7 Å². The number of rotatable bonds is 4. The highest BCUT2D eigenvalue weighted by Gasteiger charge is 2.29. The van der Waals surface area contributed by atoms with E-state index in [1.54, 1.807) is 23.2 Å². The number of carbonyl (C=O) groups is 1. The van der Waals surface area contributed by atoms with Gasteiger partial charge in [0.15, 0.2) is 0 Å². The SMILES string of the molecule is Cc1cc([C@H](C)NC(=O)N2CCOC[C@@H]2C[C@H](C)O)c(C)s1. The van der Waals surface area contributed by atoms with Gasteiger partial charge in [-0.2, -0.15) is 0 Å². The Morgan fingerprint density at radius 2 is 2.27 bits per heavy atom. The van der Waals surface area contributed by atoms with Crippen LogP contribution in [0.25, 0.3) is 0 Å². The molecule has 1 aromatic heterocycles. The first-order valence-electron chi connectivity index (χ1n) is 7.78. The van der Waals surface area contributed by atoms with E-state index in [9.17, 15) is 9.90 Å². The summed E-state index contributed by atoms with van der Waals surface area (Å²) in [4.78, 5) is 16.9. The van der Waals surface area contributed by atoms with Gasteiger partial charge < -0.3 is 20.1 Å². The smallest absolute Gasteiger partial charge is 0.318 e. The lowest BCUT2D eigenvalue weighted by Crippen LogP contribution is -2.53. The molecule has 1 fully saturated rings. The molecular weight excluding hydrogens is 300 g/mol. The van der Waals surface area contributed by atoms with E-state index in [0.29, 0.717) is 26.2 Å². The number of hydrogen-bond donors (Lipinski definition) is 2. The van der Waals surface area contributed by atoms with Crippen molar-refractivity contribution in [3.8, 4) is 0 Å². The number of aliphatic hydroxyl groups is 1. The molecule has 1 aliphatic rings. The normalized spacial score (nSPS) is 21.5. The highest BCUT2D eigenvalue weighted by atomic mass is 32.1. The fraction of sp³-hybridized carbons (Fsp3) is 0.688. The van der Waals surface area contributed by atoms with E-state index >= 15 is 0 Å². The molecule has 5 nitrogen and oxygen atoms in total. The molecule has 1 aliphatic heterocycles. The minimum Gasteiger partial charge on any atom is -0.393 e. The Hall–Kier alpha value is -1.11. The Bertz CT molecular complexity index is 515. The molecular formula is C16H26N2O3S. The van der Waals surface area contributed by atoms with Gasteiger partial charge in [-0.1, -0.05) is 0 Å². The minimum absolute atomic E-state index is 0.0208. The van der Waals surface area contributed by atoms with E-state index < -0.39 is 6.10 Å². The molecule has 0 saturated carbocycles. The monoisotopic (exact) mass is 326 g/mol. The molecule has 0 radical (unpaired) electrons. The minimum atomic E-state index is -0.443. The van der Waals surface area contributed by atoms with Crippen LogP contribution in [0, 0.1) is 13.8 Å². The summed E-state index contributed by atoms with van der Waals surface area (Å²) in [5.41, 5.74) is 1.18. The zero-order chi connectivity index (χ0) is 16.3. The predicted octanol–water partition coefficient (Wildman–Crippen LogP) is 2.61. The standard InChI is InChI=1S/C16H26N2O3S/c1-10(19)7-14-9-21-6-5-18(14)16(20)17-12(3)15-8-11(2)22-13(15)4/h8,10,12,14,19H,5-7,9H2,1-4H3,(H,17,20)/t10-,12-,14-/m0/s1. The first-order valence-corrected chi connectivity index (χ1v) is 8.60. The van der Waals surface area contributed by atoms with E-state index in [4.69, 9.17) is 4.74 Å². The van der Waals surface area contributed by atoms with Gasteiger partial charge in [-0.3, -0.25) is 0 Å². The third kappa shape index (κ3) is 4.21. The third-order valence-electron chi connectivity index (χ3n) is 3.99. The largest absolute Gasteiger partial charge is 0.393 e. The van der Waals surface area contributed by atoms with Crippen LogP contribution in [0.4, 0.5) is 4.79 Å². The van der Waals surface area contributed by atoms with Crippen molar-refractivity contribution in [3.63, 3.8) is 0 Å². The van der Waals surface area contributed by atoms with Crippen LogP contribution in [0.1, 0.15) is 41.6 Å². The average molecular weight is 326 g/mol. The number of ether oxygens (including phenoxy) is 1. The highest BCUT2D eigenvalue weighted by Crippen LogP contribution is 2.26. The van der Waals surface area contributed by atoms with Crippen molar-refractivity contribution in [2.75, 3.05) is 19.8 Å². The molecule has 2 heterocycles. The van der Waals surface area contributed by atoms with Gasteiger partial charge in [0.1, 0.15) is 0 Å². The zero-order valence-corrected chi connectivity index (χ0v) is 14.6. The third-order valence-corrected chi connectivity index (χ3v) is 4.97. The lowest BCUT2D eigenvalue weighted by molar-refractivity contribution is -0.00474. The predicted molar refractivity (Wildman–Crippen MR) is 88.4 cm³/mol. The number of aryl methyl sites for hydroxylation is 2. The van der Waals surface area contributed by atoms with E-state index in [2.05, 4.69) is 25.2 Å². The molecule has 0 aliphatic carbocycles. The number of carbonyl (C=O) groups excluding carboxylic acids is 1. The Kier molecular flexibility index (Phi) is 5.83. The zero-order valence-electron chi connectivity index (χ0n) is 13.8. The lowest BCUT2D eigenvalue weighted by atomic mass is 10.1. The van der Waals surface area contributed by atoms with Gasteiger partial charge in [0.05, 0.1) is 31.4 Å². The molecule has 0 bridgehead atoms. The van der Waals surface area contributed by atoms with Crippen molar-refractivity contribution in [1.29, 1.82) is 0 Å². The summed E-state index contributed by atoms with van der Waals surface area (Å²) < 4.78 is 5.44. The molecule has 0 unspecified atom stereocenters. The fourth-order valence-electron chi connectivity index (χ4n) is 2.94. The number of urea groups is 1. The summed E-state index contributed by atoms with van der Waals surface area (Å²) in [7, 11) is 0. The molecule has 0 aromatic carbocycles. The van der Waals surface area contributed by atoms with Crippen LogP contribution >= 0.6 is 11.3 Å². The highest BCUT2D eigenvalue weighted by molar-refractivity contribution is 7.12. The lowest BCUT2D eigenvalue weighted by Gasteiger charge is -2.37. The second-order valence-corrected chi connectivity index (χ2v) is 7.51. The maximum absolute atomic E-state index is 12.6. The number of thiophene rings is 1. The van der Waals surface area contributed by atoms with Crippen molar-refractivity contribution < 1.29 is 14.6 Å². The summed E-state index contributed by atoms with van der Waals surface area (Å²) in [5, 5.41) is 12.7. The maximum atomic E-state index is 12.6. The van der Waals surface area contributed by atoms with Crippen LogP contribution in [0.15, 0.2) is 6.07 Å². The van der Waals surface area contributed by atoms with Crippen LogP contribution in [0.5, 0.6) is 0 Å². The Morgan fingerprint density at radius 3 is 2.86 bits per heavy atom. The van der Waals surface area contributed by atoms with E-state index in [1.807, 2.05) is 6.92 Å². The van der Waals surface area contributed by atoms with E-state index in [1.165, 1.54) is 15.3 Å². The van der Waals surface area contributed by atoms with E-state index in [-0.39, 0.29) is 18.1 Å². The molecule has 3 atom stereocenters. The van der Waals surface area contributed by atoms with Crippen molar-refractivity contribution in [2.24, 2.45) is 0 Å². The Labute approximate surface area is 136 Å². The molecule has 6 heteroatoms. The second kappa shape index (κ2) is 7.44. The summed E-state index contributed by atoms with van der Waals surface area (Å²) in [5.74, 6) is 0. The maximum Gasteiger partial charge on any atom is 0.318 e. The molecule has 1 saturated heterocycles. The number of hydrogen-bond acceptors (Lipinski definition) is 4. The summed E-state index contributed by atoms with van der Waals surface area (Å²) in [6, 6.07) is 1.97. The van der Waals surface area contributed by atoms with Gasteiger partial charge in [0, 0.05) is 16.3 Å². The first kappa shape index (κ1) is 17.2. The van der Waals surface area contributed by atoms with Gasteiger partial charge in [0.2, 0.25) is 0 Å². The molecule has 124 valence electrons. The molecule has 2 rings (SSSR count). The quantitative estimate of drug-likeness (QED) is 0.894. The van der Waals surface area contributed by atoms with Crippen molar-refractivity contribution in [3.05, 3.63) is 21.4 Å². The number of nitrogens with one attached hydrogen (secondary N) is 1. The van der Waals surface area contributed by atoms with Gasteiger partial charge >= 0.3 is 6.03 Å².